The molecule has 1 aromatic heterocycles. The van der Waals surface area contributed by atoms with E-state index in [0.29, 0.717) is 6.54 Å². The number of rotatable bonds is 5. The molecule has 3 rings (SSSR count). The van der Waals surface area contributed by atoms with Gasteiger partial charge in [0.25, 0.3) is 5.91 Å². The number of nitrogens with zero attached hydrogens (tertiary/aromatic N) is 1. The molecule has 1 N–H and O–H groups in total. The lowest BCUT2D eigenvalue weighted by atomic mass is 10.1. The van der Waals surface area contributed by atoms with Gasteiger partial charge >= 0.3 is 0 Å². The topological polar surface area (TPSA) is 41.6 Å². The number of benzene rings is 1. The Hall–Kier alpha value is -1.69. The van der Waals surface area contributed by atoms with Gasteiger partial charge in [-0.25, -0.2) is 0 Å². The van der Waals surface area contributed by atoms with E-state index in [1.807, 2.05) is 31.2 Å². The fourth-order valence-corrected chi connectivity index (χ4v) is 3.60. The summed E-state index contributed by atoms with van der Waals surface area (Å²) in [5, 5.41) is 7.35. The summed E-state index contributed by atoms with van der Waals surface area (Å²) < 4.78 is 5.45. The summed E-state index contributed by atoms with van der Waals surface area (Å²) in [6, 6.07) is 10.0. The Morgan fingerprint density at radius 1 is 1.35 bits per heavy atom. The smallest absolute Gasteiger partial charge is 0.251 e. The van der Waals surface area contributed by atoms with E-state index in [2.05, 4.69) is 27.0 Å². The molecule has 2 aromatic rings. The molecule has 1 saturated heterocycles. The van der Waals surface area contributed by atoms with Crippen molar-refractivity contribution in [1.29, 1.82) is 0 Å². The summed E-state index contributed by atoms with van der Waals surface area (Å²) in [5.74, 6) is -0.0119. The number of thiophene rings is 1. The molecule has 1 amide bonds. The van der Waals surface area contributed by atoms with Crippen LogP contribution >= 0.6 is 11.3 Å². The Morgan fingerprint density at radius 3 is 2.87 bits per heavy atom. The van der Waals surface area contributed by atoms with Crippen LogP contribution in [0.1, 0.15) is 27.5 Å². The molecule has 0 spiro atoms. The second-order valence-electron chi connectivity index (χ2n) is 5.80. The molecule has 1 atom stereocenters. The molecule has 23 heavy (non-hydrogen) atoms. The normalized spacial score (nSPS) is 16.9. The molecule has 0 radical (unpaired) electrons. The predicted molar refractivity (Wildman–Crippen MR) is 93.0 cm³/mol. The average molecular weight is 330 g/mol. The van der Waals surface area contributed by atoms with Crippen LogP contribution in [-0.2, 0) is 4.74 Å². The van der Waals surface area contributed by atoms with Crippen molar-refractivity contribution >= 4 is 17.2 Å². The van der Waals surface area contributed by atoms with Crippen molar-refractivity contribution in [3.63, 3.8) is 0 Å². The van der Waals surface area contributed by atoms with E-state index in [0.717, 1.165) is 37.4 Å². The molecule has 5 heteroatoms. The lowest BCUT2D eigenvalue weighted by molar-refractivity contribution is 0.0163. The largest absolute Gasteiger partial charge is 0.379 e. The zero-order valence-corrected chi connectivity index (χ0v) is 14.1. The zero-order valence-electron chi connectivity index (χ0n) is 13.3. The van der Waals surface area contributed by atoms with E-state index in [1.165, 1.54) is 5.56 Å². The van der Waals surface area contributed by atoms with Gasteiger partial charge < -0.3 is 10.1 Å². The van der Waals surface area contributed by atoms with Gasteiger partial charge in [-0.2, -0.15) is 11.3 Å². The van der Waals surface area contributed by atoms with Crippen molar-refractivity contribution in [1.82, 2.24) is 10.2 Å². The van der Waals surface area contributed by atoms with Gasteiger partial charge in [0.1, 0.15) is 0 Å². The van der Waals surface area contributed by atoms with Crippen LogP contribution in [-0.4, -0.2) is 43.7 Å². The van der Waals surface area contributed by atoms with Crippen molar-refractivity contribution in [2.75, 3.05) is 32.8 Å². The monoisotopic (exact) mass is 330 g/mol. The molecule has 1 aromatic carbocycles. The SMILES string of the molecule is Cc1cccc(C(=O)NC[C@@H](c2ccsc2)N2CCOCC2)c1. The van der Waals surface area contributed by atoms with Gasteiger partial charge in [-0.05, 0) is 41.4 Å². The third kappa shape index (κ3) is 4.19. The first-order valence-electron chi connectivity index (χ1n) is 7.93. The standard InChI is InChI=1S/C18H22N2O2S/c1-14-3-2-4-15(11-14)18(21)19-12-17(16-5-10-23-13-16)20-6-8-22-9-7-20/h2-5,10-11,13,17H,6-9,12H2,1H3,(H,19,21)/t17-/m0/s1. The Labute approximate surface area is 141 Å². The van der Waals surface area contributed by atoms with Gasteiger partial charge in [0.15, 0.2) is 0 Å². The highest BCUT2D eigenvalue weighted by Crippen LogP contribution is 2.23. The minimum atomic E-state index is -0.0119. The van der Waals surface area contributed by atoms with Gasteiger partial charge in [0, 0.05) is 25.2 Å². The number of aryl methyl sites for hydroxylation is 1. The van der Waals surface area contributed by atoms with E-state index < -0.39 is 0 Å². The summed E-state index contributed by atoms with van der Waals surface area (Å²) in [4.78, 5) is 14.8. The number of ether oxygens (including phenoxy) is 1. The summed E-state index contributed by atoms with van der Waals surface area (Å²) in [6.07, 6.45) is 0. The van der Waals surface area contributed by atoms with Crippen LogP contribution in [0, 0.1) is 6.92 Å². The number of carbonyl (C=O) groups excluding carboxylic acids is 1. The van der Waals surface area contributed by atoms with Crippen LogP contribution in [0.3, 0.4) is 0 Å². The molecule has 1 fully saturated rings. The number of nitrogens with one attached hydrogen (secondary N) is 1. The molecule has 0 unspecified atom stereocenters. The average Bonchev–Trinajstić information content (AvgIpc) is 3.10. The van der Waals surface area contributed by atoms with Crippen LogP contribution in [0.15, 0.2) is 41.1 Å². The number of hydrogen-bond donors (Lipinski definition) is 1. The Bertz CT molecular complexity index is 636. The minimum absolute atomic E-state index is 0.0119. The maximum Gasteiger partial charge on any atom is 0.251 e. The van der Waals surface area contributed by atoms with Gasteiger partial charge in [-0.3, -0.25) is 9.69 Å². The number of morpholine rings is 1. The molecular formula is C18H22N2O2S. The molecule has 0 aliphatic carbocycles. The maximum absolute atomic E-state index is 12.4. The van der Waals surface area contributed by atoms with Crippen LogP contribution in [0.2, 0.25) is 0 Å². The van der Waals surface area contributed by atoms with Gasteiger partial charge in [-0.1, -0.05) is 17.7 Å². The maximum atomic E-state index is 12.4. The van der Waals surface area contributed by atoms with E-state index in [-0.39, 0.29) is 11.9 Å². The fourth-order valence-electron chi connectivity index (χ4n) is 2.89. The van der Waals surface area contributed by atoms with Crippen LogP contribution < -0.4 is 5.32 Å². The van der Waals surface area contributed by atoms with Crippen molar-refractivity contribution in [2.45, 2.75) is 13.0 Å². The quantitative estimate of drug-likeness (QED) is 0.916. The van der Waals surface area contributed by atoms with E-state index in [1.54, 1.807) is 11.3 Å². The van der Waals surface area contributed by atoms with Crippen LogP contribution in [0.4, 0.5) is 0 Å². The van der Waals surface area contributed by atoms with Crippen LogP contribution in [0.25, 0.3) is 0 Å². The molecule has 1 aliphatic rings. The number of carbonyl (C=O) groups is 1. The molecule has 0 bridgehead atoms. The van der Waals surface area contributed by atoms with E-state index in [9.17, 15) is 4.79 Å². The van der Waals surface area contributed by atoms with Gasteiger partial charge in [0.2, 0.25) is 0 Å². The van der Waals surface area contributed by atoms with Crippen LogP contribution in [0.5, 0.6) is 0 Å². The van der Waals surface area contributed by atoms with Crippen molar-refractivity contribution < 1.29 is 9.53 Å². The molecule has 2 heterocycles. The van der Waals surface area contributed by atoms with E-state index >= 15 is 0 Å². The minimum Gasteiger partial charge on any atom is -0.379 e. The molecular weight excluding hydrogens is 308 g/mol. The Balaban J connectivity index is 1.67. The lowest BCUT2D eigenvalue weighted by Crippen LogP contribution is -2.43. The number of hydrogen-bond acceptors (Lipinski definition) is 4. The predicted octanol–water partition coefficient (Wildman–Crippen LogP) is 2.86. The summed E-state index contributed by atoms with van der Waals surface area (Å²) >= 11 is 1.69. The molecule has 122 valence electrons. The van der Waals surface area contributed by atoms with Crippen molar-refractivity contribution in [2.24, 2.45) is 0 Å². The highest BCUT2D eigenvalue weighted by Gasteiger charge is 2.23. The van der Waals surface area contributed by atoms with Crippen molar-refractivity contribution in [3.8, 4) is 0 Å². The first kappa shape index (κ1) is 16.2. The van der Waals surface area contributed by atoms with E-state index in [4.69, 9.17) is 4.74 Å². The Morgan fingerprint density at radius 2 is 2.17 bits per heavy atom. The highest BCUT2D eigenvalue weighted by atomic mass is 32.1. The van der Waals surface area contributed by atoms with Crippen molar-refractivity contribution in [3.05, 3.63) is 57.8 Å². The second kappa shape index (κ2) is 7.73. The first-order chi connectivity index (χ1) is 11.2. The molecule has 4 nitrogen and oxygen atoms in total. The summed E-state index contributed by atoms with van der Waals surface area (Å²) in [5.41, 5.74) is 3.08. The second-order valence-corrected chi connectivity index (χ2v) is 6.58. The zero-order chi connectivity index (χ0) is 16.1. The van der Waals surface area contributed by atoms with Gasteiger partial charge in [-0.15, -0.1) is 0 Å². The molecule has 0 saturated carbocycles. The lowest BCUT2D eigenvalue weighted by Gasteiger charge is -2.34. The van der Waals surface area contributed by atoms with Gasteiger partial charge in [0.05, 0.1) is 19.3 Å². The third-order valence-electron chi connectivity index (χ3n) is 4.15. The Kier molecular flexibility index (Phi) is 5.43. The fraction of sp³-hybridized carbons (Fsp3) is 0.389. The highest BCUT2D eigenvalue weighted by molar-refractivity contribution is 7.07. The summed E-state index contributed by atoms with van der Waals surface area (Å²) in [7, 11) is 0. The third-order valence-corrected chi connectivity index (χ3v) is 4.85. The molecule has 1 aliphatic heterocycles. The summed E-state index contributed by atoms with van der Waals surface area (Å²) in [6.45, 7) is 5.93. The number of amides is 1. The first-order valence-corrected chi connectivity index (χ1v) is 8.87.